The molecule has 3 nitrogen and oxygen atoms in total. The van der Waals surface area contributed by atoms with E-state index < -0.39 is 0 Å². The number of nitrogens with one attached hydrogen (secondary N) is 1. The molecule has 0 aliphatic heterocycles. The van der Waals surface area contributed by atoms with E-state index in [0.717, 1.165) is 19.4 Å². The SMILES string of the molecule is CNC(COC)C1(OC)CCCC1. The monoisotopic (exact) mass is 187 g/mol. The highest BCUT2D eigenvalue weighted by Crippen LogP contribution is 2.35. The summed E-state index contributed by atoms with van der Waals surface area (Å²) in [7, 11) is 5.52. The average Bonchev–Trinajstić information content (AvgIpc) is 2.63. The predicted molar refractivity (Wildman–Crippen MR) is 52.9 cm³/mol. The van der Waals surface area contributed by atoms with Crippen LogP contribution in [0.25, 0.3) is 0 Å². The van der Waals surface area contributed by atoms with Crippen LogP contribution in [-0.4, -0.2) is 39.5 Å². The normalized spacial score (nSPS) is 23.3. The number of hydrogen-bond acceptors (Lipinski definition) is 3. The quantitative estimate of drug-likeness (QED) is 0.701. The van der Waals surface area contributed by atoms with E-state index in [9.17, 15) is 0 Å². The van der Waals surface area contributed by atoms with Crippen molar-refractivity contribution in [2.75, 3.05) is 27.9 Å². The Morgan fingerprint density at radius 1 is 1.31 bits per heavy atom. The molecule has 1 N–H and O–H groups in total. The molecule has 0 amide bonds. The molecule has 1 aliphatic carbocycles. The van der Waals surface area contributed by atoms with Crippen molar-refractivity contribution in [2.24, 2.45) is 0 Å². The molecule has 0 aromatic heterocycles. The molecule has 3 heteroatoms. The van der Waals surface area contributed by atoms with E-state index in [1.54, 1.807) is 7.11 Å². The van der Waals surface area contributed by atoms with E-state index in [1.807, 2.05) is 14.2 Å². The van der Waals surface area contributed by atoms with Crippen LogP contribution in [0.4, 0.5) is 0 Å². The smallest absolute Gasteiger partial charge is 0.0853 e. The summed E-state index contributed by atoms with van der Waals surface area (Å²) in [5.74, 6) is 0. The van der Waals surface area contributed by atoms with Gasteiger partial charge in [-0.3, -0.25) is 0 Å². The number of hydrogen-bond donors (Lipinski definition) is 1. The second-order valence-corrected chi connectivity index (χ2v) is 3.77. The van der Waals surface area contributed by atoms with Crippen LogP contribution in [0, 0.1) is 0 Å². The zero-order valence-electron chi connectivity index (χ0n) is 8.93. The number of ether oxygens (including phenoxy) is 2. The Balaban J connectivity index is 2.60. The molecule has 13 heavy (non-hydrogen) atoms. The third-order valence-corrected chi connectivity index (χ3v) is 3.17. The molecule has 1 unspecified atom stereocenters. The zero-order valence-corrected chi connectivity index (χ0v) is 8.93. The summed E-state index contributed by atoms with van der Waals surface area (Å²) in [6.07, 6.45) is 4.85. The Bertz CT molecular complexity index is 144. The van der Waals surface area contributed by atoms with E-state index >= 15 is 0 Å². The summed E-state index contributed by atoms with van der Waals surface area (Å²) in [6, 6.07) is 0.324. The van der Waals surface area contributed by atoms with Crippen LogP contribution in [0.15, 0.2) is 0 Å². The Morgan fingerprint density at radius 3 is 2.31 bits per heavy atom. The van der Waals surface area contributed by atoms with Crippen LogP contribution in [0.1, 0.15) is 25.7 Å². The average molecular weight is 187 g/mol. The second-order valence-electron chi connectivity index (χ2n) is 3.77. The summed E-state index contributed by atoms with van der Waals surface area (Å²) >= 11 is 0. The minimum Gasteiger partial charge on any atom is -0.383 e. The molecule has 1 fully saturated rings. The Labute approximate surface area is 80.8 Å². The van der Waals surface area contributed by atoms with Crippen molar-refractivity contribution in [1.82, 2.24) is 5.32 Å². The molecule has 0 radical (unpaired) electrons. The summed E-state index contributed by atoms with van der Waals surface area (Å²) in [5, 5.41) is 3.29. The van der Waals surface area contributed by atoms with Gasteiger partial charge in [0.2, 0.25) is 0 Å². The van der Waals surface area contributed by atoms with E-state index in [0.29, 0.717) is 6.04 Å². The van der Waals surface area contributed by atoms with Crippen molar-refractivity contribution in [1.29, 1.82) is 0 Å². The zero-order chi connectivity index (χ0) is 9.73. The molecule has 0 bridgehead atoms. The molecule has 1 rings (SSSR count). The van der Waals surface area contributed by atoms with E-state index in [2.05, 4.69) is 5.32 Å². The fourth-order valence-electron chi connectivity index (χ4n) is 2.33. The van der Waals surface area contributed by atoms with Crippen molar-refractivity contribution in [3.63, 3.8) is 0 Å². The molecule has 0 spiro atoms. The summed E-state index contributed by atoms with van der Waals surface area (Å²) < 4.78 is 10.9. The Hall–Kier alpha value is -0.120. The van der Waals surface area contributed by atoms with Gasteiger partial charge in [0, 0.05) is 14.2 Å². The van der Waals surface area contributed by atoms with Crippen LogP contribution in [0.2, 0.25) is 0 Å². The number of methoxy groups -OCH3 is 2. The van der Waals surface area contributed by atoms with Crippen molar-refractivity contribution in [2.45, 2.75) is 37.3 Å². The van der Waals surface area contributed by atoms with Crippen molar-refractivity contribution in [3.05, 3.63) is 0 Å². The molecule has 78 valence electrons. The molecular weight excluding hydrogens is 166 g/mol. The fraction of sp³-hybridized carbons (Fsp3) is 1.00. The predicted octanol–water partition coefficient (Wildman–Crippen LogP) is 1.18. The summed E-state index contributed by atoms with van der Waals surface area (Å²) in [6.45, 7) is 0.727. The highest BCUT2D eigenvalue weighted by Gasteiger charge is 2.40. The van der Waals surface area contributed by atoms with E-state index in [-0.39, 0.29) is 5.60 Å². The minimum absolute atomic E-state index is 0.0186. The van der Waals surface area contributed by atoms with Gasteiger partial charge in [-0.05, 0) is 19.9 Å². The molecule has 1 saturated carbocycles. The second kappa shape index (κ2) is 4.94. The Morgan fingerprint density at radius 2 is 1.92 bits per heavy atom. The highest BCUT2D eigenvalue weighted by molar-refractivity contribution is 4.96. The maximum Gasteiger partial charge on any atom is 0.0853 e. The lowest BCUT2D eigenvalue weighted by Crippen LogP contribution is -2.51. The van der Waals surface area contributed by atoms with Gasteiger partial charge in [-0.1, -0.05) is 12.8 Å². The van der Waals surface area contributed by atoms with Crippen molar-refractivity contribution in [3.8, 4) is 0 Å². The Kier molecular flexibility index (Phi) is 4.16. The van der Waals surface area contributed by atoms with Crippen LogP contribution >= 0.6 is 0 Å². The first kappa shape index (κ1) is 11.0. The molecule has 0 saturated heterocycles. The van der Waals surface area contributed by atoms with Gasteiger partial charge in [0.05, 0.1) is 18.2 Å². The maximum atomic E-state index is 5.66. The lowest BCUT2D eigenvalue weighted by atomic mass is 9.92. The molecular formula is C10H21NO2. The van der Waals surface area contributed by atoms with Gasteiger partial charge in [0.1, 0.15) is 0 Å². The minimum atomic E-state index is 0.0186. The first-order chi connectivity index (χ1) is 6.29. The molecule has 0 aromatic carbocycles. The molecule has 0 heterocycles. The van der Waals surface area contributed by atoms with Gasteiger partial charge >= 0.3 is 0 Å². The number of likely N-dealkylation sites (N-methyl/N-ethyl adjacent to an activating group) is 1. The van der Waals surface area contributed by atoms with Gasteiger partial charge in [0.15, 0.2) is 0 Å². The lowest BCUT2D eigenvalue weighted by Gasteiger charge is -2.35. The van der Waals surface area contributed by atoms with Crippen molar-refractivity contribution < 1.29 is 9.47 Å². The van der Waals surface area contributed by atoms with Crippen LogP contribution in [-0.2, 0) is 9.47 Å². The van der Waals surface area contributed by atoms with Gasteiger partial charge in [-0.15, -0.1) is 0 Å². The van der Waals surface area contributed by atoms with Crippen molar-refractivity contribution >= 4 is 0 Å². The third kappa shape index (κ3) is 2.22. The first-order valence-electron chi connectivity index (χ1n) is 5.00. The fourth-order valence-corrected chi connectivity index (χ4v) is 2.33. The highest BCUT2D eigenvalue weighted by atomic mass is 16.5. The standard InChI is InChI=1S/C10H21NO2/c1-11-9(8-12-2)10(13-3)6-4-5-7-10/h9,11H,4-8H2,1-3H3. The lowest BCUT2D eigenvalue weighted by molar-refractivity contribution is -0.0523. The number of rotatable bonds is 5. The molecule has 1 atom stereocenters. The maximum absolute atomic E-state index is 5.66. The molecule has 1 aliphatic rings. The van der Waals surface area contributed by atoms with E-state index in [4.69, 9.17) is 9.47 Å². The van der Waals surface area contributed by atoms with Gasteiger partial charge in [-0.25, -0.2) is 0 Å². The summed E-state index contributed by atoms with van der Waals surface area (Å²) in [5.41, 5.74) is 0.0186. The van der Waals surface area contributed by atoms with Crippen LogP contribution in [0.5, 0.6) is 0 Å². The van der Waals surface area contributed by atoms with E-state index in [1.165, 1.54) is 12.8 Å². The summed E-state index contributed by atoms with van der Waals surface area (Å²) in [4.78, 5) is 0. The van der Waals surface area contributed by atoms with Crippen LogP contribution < -0.4 is 5.32 Å². The van der Waals surface area contributed by atoms with Gasteiger partial charge in [0.25, 0.3) is 0 Å². The van der Waals surface area contributed by atoms with Crippen LogP contribution in [0.3, 0.4) is 0 Å². The third-order valence-electron chi connectivity index (χ3n) is 3.17. The van der Waals surface area contributed by atoms with Gasteiger partial charge < -0.3 is 14.8 Å². The first-order valence-corrected chi connectivity index (χ1v) is 5.00. The largest absolute Gasteiger partial charge is 0.383 e. The molecule has 0 aromatic rings. The van der Waals surface area contributed by atoms with Gasteiger partial charge in [-0.2, -0.15) is 0 Å². The topological polar surface area (TPSA) is 30.5 Å².